The van der Waals surface area contributed by atoms with Gasteiger partial charge in [0.2, 0.25) is 15.9 Å². The van der Waals surface area contributed by atoms with Gasteiger partial charge >= 0.3 is 0 Å². The molecule has 1 amide bonds. The highest BCUT2D eigenvalue weighted by atomic mass is 32.2. The van der Waals surface area contributed by atoms with Crippen LogP contribution in [0.1, 0.15) is 56.6 Å². The summed E-state index contributed by atoms with van der Waals surface area (Å²) in [6.07, 6.45) is 8.71. The van der Waals surface area contributed by atoms with Gasteiger partial charge in [0.1, 0.15) is 0 Å². The molecule has 2 atom stereocenters. The van der Waals surface area contributed by atoms with Crippen LogP contribution in [0.15, 0.2) is 30.3 Å². The zero-order valence-electron chi connectivity index (χ0n) is 15.6. The first kappa shape index (κ1) is 19.4. The Bertz CT molecular complexity index is 699. The highest BCUT2D eigenvalue weighted by molar-refractivity contribution is 7.88. The summed E-state index contributed by atoms with van der Waals surface area (Å²) in [4.78, 5) is 13.0. The average molecular weight is 379 g/mol. The lowest BCUT2D eigenvalue weighted by molar-refractivity contribution is -0.127. The number of hydrogen-bond acceptors (Lipinski definition) is 3. The van der Waals surface area contributed by atoms with Crippen LogP contribution in [0, 0.1) is 11.8 Å². The minimum Gasteiger partial charge on any atom is -0.349 e. The van der Waals surface area contributed by atoms with E-state index in [2.05, 4.69) is 17.4 Å². The second-order valence-corrected chi connectivity index (χ2v) is 9.74. The Hall–Kier alpha value is -1.40. The monoisotopic (exact) mass is 378 g/mol. The molecule has 1 saturated carbocycles. The number of rotatable bonds is 5. The molecule has 0 bridgehead atoms. The SMILES string of the molecule is CS(=O)(=O)N1CCC[C@@H](C(=O)N[C@H](c2ccccc2)C2CCCCC2)C1. The molecule has 2 aliphatic rings. The fraction of sp³-hybridized carbons (Fsp3) is 0.650. The summed E-state index contributed by atoms with van der Waals surface area (Å²) in [6.45, 7) is 0.824. The van der Waals surface area contributed by atoms with Gasteiger partial charge in [0.25, 0.3) is 0 Å². The molecule has 2 fully saturated rings. The third-order valence-electron chi connectivity index (χ3n) is 5.80. The van der Waals surface area contributed by atoms with Crippen molar-refractivity contribution in [3.8, 4) is 0 Å². The van der Waals surface area contributed by atoms with Gasteiger partial charge < -0.3 is 5.32 Å². The molecule has 1 aromatic rings. The molecule has 1 aliphatic heterocycles. The summed E-state index contributed by atoms with van der Waals surface area (Å²) in [5.41, 5.74) is 1.16. The van der Waals surface area contributed by atoms with Crippen molar-refractivity contribution in [2.75, 3.05) is 19.3 Å². The molecular formula is C20H30N2O3S. The Morgan fingerprint density at radius 1 is 1.08 bits per heavy atom. The Morgan fingerprint density at radius 3 is 2.42 bits per heavy atom. The number of benzene rings is 1. The average Bonchev–Trinajstić information content (AvgIpc) is 2.67. The van der Waals surface area contributed by atoms with Crippen molar-refractivity contribution in [3.05, 3.63) is 35.9 Å². The van der Waals surface area contributed by atoms with Crippen LogP contribution in [-0.4, -0.2) is 38.0 Å². The predicted octanol–water partition coefficient (Wildman–Crippen LogP) is 3.10. The van der Waals surface area contributed by atoms with Crippen LogP contribution in [0.5, 0.6) is 0 Å². The molecular weight excluding hydrogens is 348 g/mol. The summed E-state index contributed by atoms with van der Waals surface area (Å²) in [5.74, 6) is 0.204. The van der Waals surface area contributed by atoms with Crippen molar-refractivity contribution >= 4 is 15.9 Å². The van der Waals surface area contributed by atoms with Gasteiger partial charge in [-0.2, -0.15) is 0 Å². The Labute approximate surface area is 157 Å². The molecule has 1 aliphatic carbocycles. The Balaban J connectivity index is 1.72. The maximum atomic E-state index is 13.0. The summed E-state index contributed by atoms with van der Waals surface area (Å²) >= 11 is 0. The lowest BCUT2D eigenvalue weighted by Gasteiger charge is -2.34. The van der Waals surface area contributed by atoms with Gasteiger partial charge in [-0.05, 0) is 37.2 Å². The molecule has 1 heterocycles. The molecule has 144 valence electrons. The standard InChI is InChI=1S/C20H30N2O3S/c1-26(24,25)22-14-8-13-18(15-22)20(23)21-19(16-9-4-2-5-10-16)17-11-6-3-7-12-17/h2,4-5,9-10,17-19H,3,6-8,11-15H2,1H3,(H,21,23)/t18-,19-/m1/s1. The van der Waals surface area contributed by atoms with E-state index in [9.17, 15) is 13.2 Å². The zero-order valence-corrected chi connectivity index (χ0v) is 16.4. The molecule has 0 spiro atoms. The van der Waals surface area contributed by atoms with Crippen LogP contribution >= 0.6 is 0 Å². The fourth-order valence-corrected chi connectivity index (χ4v) is 5.24. The Morgan fingerprint density at radius 2 is 1.77 bits per heavy atom. The molecule has 0 aromatic heterocycles. The Kier molecular flexibility index (Phi) is 6.35. The van der Waals surface area contributed by atoms with Gasteiger partial charge in [0.15, 0.2) is 0 Å². The molecule has 1 N–H and O–H groups in total. The van der Waals surface area contributed by atoms with Crippen LogP contribution in [0.3, 0.4) is 0 Å². The van der Waals surface area contributed by atoms with Gasteiger partial charge in [0.05, 0.1) is 18.2 Å². The van der Waals surface area contributed by atoms with Crippen molar-refractivity contribution in [1.82, 2.24) is 9.62 Å². The molecule has 5 nitrogen and oxygen atoms in total. The van der Waals surface area contributed by atoms with Gasteiger partial charge in [-0.15, -0.1) is 0 Å². The number of piperidine rings is 1. The number of nitrogens with zero attached hydrogens (tertiary/aromatic N) is 1. The largest absolute Gasteiger partial charge is 0.349 e. The summed E-state index contributed by atoms with van der Waals surface area (Å²) in [6, 6.07) is 10.2. The lowest BCUT2D eigenvalue weighted by atomic mass is 9.81. The van der Waals surface area contributed by atoms with Gasteiger partial charge in [-0.3, -0.25) is 4.79 Å². The zero-order chi connectivity index (χ0) is 18.6. The summed E-state index contributed by atoms with van der Waals surface area (Å²) in [7, 11) is -3.24. The van der Waals surface area contributed by atoms with E-state index in [-0.39, 0.29) is 17.9 Å². The van der Waals surface area contributed by atoms with E-state index < -0.39 is 10.0 Å². The third-order valence-corrected chi connectivity index (χ3v) is 7.07. The van der Waals surface area contributed by atoms with Crippen molar-refractivity contribution in [2.24, 2.45) is 11.8 Å². The number of carbonyl (C=O) groups excluding carboxylic acids is 1. The smallest absolute Gasteiger partial charge is 0.224 e. The van der Waals surface area contributed by atoms with Crippen molar-refractivity contribution in [3.63, 3.8) is 0 Å². The highest BCUT2D eigenvalue weighted by Crippen LogP contribution is 2.35. The van der Waals surface area contributed by atoms with Crippen LogP contribution in [0.4, 0.5) is 0 Å². The van der Waals surface area contributed by atoms with E-state index in [1.807, 2.05) is 18.2 Å². The molecule has 0 radical (unpaired) electrons. The molecule has 1 aromatic carbocycles. The number of sulfonamides is 1. The first-order chi connectivity index (χ1) is 12.4. The van der Waals surface area contributed by atoms with Crippen molar-refractivity contribution < 1.29 is 13.2 Å². The third kappa shape index (κ3) is 4.86. The van der Waals surface area contributed by atoms with E-state index >= 15 is 0 Å². The van der Waals surface area contributed by atoms with Crippen molar-refractivity contribution in [1.29, 1.82) is 0 Å². The van der Waals surface area contributed by atoms with Crippen molar-refractivity contribution in [2.45, 2.75) is 51.0 Å². The maximum absolute atomic E-state index is 13.0. The van der Waals surface area contributed by atoms with Crippen LogP contribution in [0.25, 0.3) is 0 Å². The number of nitrogens with one attached hydrogen (secondary N) is 1. The highest BCUT2D eigenvalue weighted by Gasteiger charge is 2.33. The molecule has 3 rings (SSSR count). The second-order valence-electron chi connectivity index (χ2n) is 7.76. The fourth-order valence-electron chi connectivity index (χ4n) is 4.33. The number of hydrogen-bond donors (Lipinski definition) is 1. The maximum Gasteiger partial charge on any atom is 0.224 e. The predicted molar refractivity (Wildman–Crippen MR) is 103 cm³/mol. The molecule has 6 heteroatoms. The minimum absolute atomic E-state index is 0.00206. The van der Waals surface area contributed by atoms with E-state index in [4.69, 9.17) is 0 Å². The van der Waals surface area contributed by atoms with E-state index in [0.717, 1.165) is 31.2 Å². The van der Waals surface area contributed by atoms with E-state index in [1.165, 1.54) is 29.8 Å². The lowest BCUT2D eigenvalue weighted by Crippen LogP contribution is -2.46. The quantitative estimate of drug-likeness (QED) is 0.856. The van der Waals surface area contributed by atoms with E-state index in [0.29, 0.717) is 19.0 Å². The minimum atomic E-state index is -3.24. The van der Waals surface area contributed by atoms with Crippen LogP contribution in [-0.2, 0) is 14.8 Å². The van der Waals surface area contributed by atoms with Gasteiger partial charge in [0, 0.05) is 13.1 Å². The first-order valence-electron chi connectivity index (χ1n) is 9.75. The molecule has 26 heavy (non-hydrogen) atoms. The number of carbonyl (C=O) groups is 1. The van der Waals surface area contributed by atoms with E-state index in [1.54, 1.807) is 0 Å². The topological polar surface area (TPSA) is 66.5 Å². The summed E-state index contributed by atoms with van der Waals surface area (Å²) < 4.78 is 25.1. The van der Waals surface area contributed by atoms with Crippen LogP contribution in [0.2, 0.25) is 0 Å². The van der Waals surface area contributed by atoms with Gasteiger partial charge in [-0.1, -0.05) is 49.6 Å². The summed E-state index contributed by atoms with van der Waals surface area (Å²) in [5, 5.41) is 3.28. The van der Waals surface area contributed by atoms with Gasteiger partial charge in [-0.25, -0.2) is 12.7 Å². The first-order valence-corrected chi connectivity index (χ1v) is 11.6. The normalized spacial score (nSPS) is 24.1. The molecule has 0 unspecified atom stereocenters. The van der Waals surface area contributed by atoms with Crippen LogP contribution < -0.4 is 5.32 Å². The second kappa shape index (κ2) is 8.53. The number of amides is 1. The molecule has 1 saturated heterocycles.